The SMILES string of the molecule is O=S(=O)(c1cccc(Cl)c1)N1CCN(Cc2ccc(F)c(F)c2)CC1. The Morgan fingerprint density at radius 2 is 1.68 bits per heavy atom. The van der Waals surface area contributed by atoms with Crippen molar-refractivity contribution >= 4 is 21.6 Å². The molecule has 1 saturated heterocycles. The first-order chi connectivity index (χ1) is 11.9. The lowest BCUT2D eigenvalue weighted by atomic mass is 10.2. The molecular weight excluding hydrogens is 370 g/mol. The van der Waals surface area contributed by atoms with E-state index in [4.69, 9.17) is 11.6 Å². The summed E-state index contributed by atoms with van der Waals surface area (Å²) in [6, 6.07) is 10.00. The molecule has 2 aromatic carbocycles. The molecule has 0 bridgehead atoms. The van der Waals surface area contributed by atoms with Gasteiger partial charge in [0.2, 0.25) is 10.0 Å². The van der Waals surface area contributed by atoms with E-state index in [1.54, 1.807) is 12.1 Å². The molecule has 0 unspecified atom stereocenters. The van der Waals surface area contributed by atoms with Gasteiger partial charge in [-0.15, -0.1) is 0 Å². The average Bonchev–Trinajstić information content (AvgIpc) is 2.59. The second-order valence-electron chi connectivity index (χ2n) is 5.89. The number of halogens is 3. The zero-order chi connectivity index (χ0) is 18.0. The Hall–Kier alpha value is -1.54. The molecule has 1 fully saturated rings. The van der Waals surface area contributed by atoms with E-state index in [-0.39, 0.29) is 4.90 Å². The van der Waals surface area contributed by atoms with Crippen LogP contribution in [0.15, 0.2) is 47.4 Å². The van der Waals surface area contributed by atoms with Gasteiger partial charge in [0.15, 0.2) is 11.6 Å². The summed E-state index contributed by atoms with van der Waals surface area (Å²) in [5, 5.41) is 0.373. The second-order valence-corrected chi connectivity index (χ2v) is 8.26. The van der Waals surface area contributed by atoms with E-state index >= 15 is 0 Å². The third-order valence-electron chi connectivity index (χ3n) is 4.16. The van der Waals surface area contributed by atoms with Crippen LogP contribution in [0, 0.1) is 11.6 Å². The topological polar surface area (TPSA) is 40.6 Å². The van der Waals surface area contributed by atoms with Crippen molar-refractivity contribution in [3.63, 3.8) is 0 Å². The molecule has 1 aliphatic rings. The summed E-state index contributed by atoms with van der Waals surface area (Å²) >= 11 is 5.88. The van der Waals surface area contributed by atoms with E-state index in [0.29, 0.717) is 43.3 Å². The Morgan fingerprint density at radius 3 is 2.32 bits per heavy atom. The second kappa shape index (κ2) is 7.37. The summed E-state index contributed by atoms with van der Waals surface area (Å²) in [4.78, 5) is 2.19. The van der Waals surface area contributed by atoms with Gasteiger partial charge in [-0.3, -0.25) is 4.90 Å². The van der Waals surface area contributed by atoms with Gasteiger partial charge < -0.3 is 0 Å². The van der Waals surface area contributed by atoms with Crippen molar-refractivity contribution in [1.82, 2.24) is 9.21 Å². The molecule has 0 aliphatic carbocycles. The number of hydrogen-bond acceptors (Lipinski definition) is 3. The molecule has 0 N–H and O–H groups in total. The molecule has 2 aromatic rings. The lowest BCUT2D eigenvalue weighted by Crippen LogP contribution is -2.48. The van der Waals surface area contributed by atoms with Crippen molar-refractivity contribution < 1.29 is 17.2 Å². The number of piperazine rings is 1. The van der Waals surface area contributed by atoms with Crippen molar-refractivity contribution in [2.45, 2.75) is 11.4 Å². The Kier molecular flexibility index (Phi) is 5.38. The van der Waals surface area contributed by atoms with Gasteiger partial charge in [0, 0.05) is 37.7 Å². The predicted octanol–water partition coefficient (Wildman–Crippen LogP) is 3.12. The Labute approximate surface area is 150 Å². The van der Waals surface area contributed by atoms with E-state index in [1.807, 2.05) is 4.90 Å². The summed E-state index contributed by atoms with van der Waals surface area (Å²) in [6.45, 7) is 2.14. The molecule has 25 heavy (non-hydrogen) atoms. The third-order valence-corrected chi connectivity index (χ3v) is 6.29. The maximum Gasteiger partial charge on any atom is 0.243 e. The highest BCUT2D eigenvalue weighted by Gasteiger charge is 2.28. The van der Waals surface area contributed by atoms with E-state index in [9.17, 15) is 17.2 Å². The first-order valence-corrected chi connectivity index (χ1v) is 9.60. The molecule has 1 aliphatic heterocycles. The highest BCUT2D eigenvalue weighted by atomic mass is 35.5. The van der Waals surface area contributed by atoms with Gasteiger partial charge in [-0.2, -0.15) is 4.31 Å². The zero-order valence-corrected chi connectivity index (χ0v) is 14.9. The molecule has 4 nitrogen and oxygen atoms in total. The maximum atomic E-state index is 13.3. The Morgan fingerprint density at radius 1 is 0.960 bits per heavy atom. The Bertz CT molecular complexity index is 869. The fraction of sp³-hybridized carbons (Fsp3) is 0.294. The van der Waals surface area contributed by atoms with Gasteiger partial charge in [-0.05, 0) is 35.9 Å². The van der Waals surface area contributed by atoms with Crippen LogP contribution < -0.4 is 0 Å². The highest BCUT2D eigenvalue weighted by molar-refractivity contribution is 7.89. The molecule has 8 heteroatoms. The molecular formula is C17H17ClF2N2O2S. The molecule has 0 spiro atoms. The summed E-state index contributed by atoms with van der Waals surface area (Å²) in [5.74, 6) is -1.75. The number of rotatable bonds is 4. The monoisotopic (exact) mass is 386 g/mol. The van der Waals surface area contributed by atoms with Crippen LogP contribution in [0.2, 0.25) is 5.02 Å². The van der Waals surface area contributed by atoms with Crippen LogP contribution in [0.25, 0.3) is 0 Å². The largest absolute Gasteiger partial charge is 0.296 e. The van der Waals surface area contributed by atoms with E-state index < -0.39 is 21.7 Å². The van der Waals surface area contributed by atoms with Crippen molar-refractivity contribution in [2.75, 3.05) is 26.2 Å². The number of sulfonamides is 1. The molecule has 0 saturated carbocycles. The zero-order valence-electron chi connectivity index (χ0n) is 13.3. The quantitative estimate of drug-likeness (QED) is 0.810. The molecule has 0 atom stereocenters. The maximum absolute atomic E-state index is 13.3. The average molecular weight is 387 g/mol. The molecule has 0 amide bonds. The molecule has 0 aromatic heterocycles. The minimum Gasteiger partial charge on any atom is -0.296 e. The standard InChI is InChI=1S/C17H17ClF2N2O2S/c18-14-2-1-3-15(11-14)25(23,24)22-8-6-21(7-9-22)12-13-4-5-16(19)17(20)10-13/h1-5,10-11H,6-9,12H2. The first kappa shape index (κ1) is 18.3. The van der Waals surface area contributed by atoms with Crippen molar-refractivity contribution in [1.29, 1.82) is 0 Å². The lowest BCUT2D eigenvalue weighted by Gasteiger charge is -2.34. The summed E-state index contributed by atoms with van der Waals surface area (Å²) in [6.07, 6.45) is 0. The van der Waals surface area contributed by atoms with Crippen molar-refractivity contribution in [3.05, 3.63) is 64.7 Å². The minimum atomic E-state index is -3.58. The fourth-order valence-electron chi connectivity index (χ4n) is 2.80. The number of benzene rings is 2. The Balaban J connectivity index is 1.64. The van der Waals surface area contributed by atoms with Crippen LogP contribution in [0.3, 0.4) is 0 Å². The predicted molar refractivity (Wildman–Crippen MR) is 91.8 cm³/mol. The van der Waals surface area contributed by atoms with Crippen LogP contribution in [0.1, 0.15) is 5.56 Å². The molecule has 1 heterocycles. The van der Waals surface area contributed by atoms with Crippen LogP contribution in [-0.4, -0.2) is 43.8 Å². The summed E-state index contributed by atoms with van der Waals surface area (Å²) in [7, 11) is -3.58. The van der Waals surface area contributed by atoms with E-state index in [2.05, 4.69) is 0 Å². The minimum absolute atomic E-state index is 0.175. The van der Waals surface area contributed by atoms with E-state index in [0.717, 1.165) is 6.07 Å². The third kappa shape index (κ3) is 4.17. The normalized spacial score (nSPS) is 16.9. The van der Waals surface area contributed by atoms with E-state index in [1.165, 1.54) is 28.6 Å². The number of nitrogens with zero attached hydrogens (tertiary/aromatic N) is 2. The van der Waals surface area contributed by atoms with Gasteiger partial charge in [0.05, 0.1) is 4.90 Å². The first-order valence-electron chi connectivity index (χ1n) is 7.78. The van der Waals surface area contributed by atoms with Crippen molar-refractivity contribution in [2.24, 2.45) is 0 Å². The lowest BCUT2D eigenvalue weighted by molar-refractivity contribution is 0.181. The molecule has 3 rings (SSSR count). The summed E-state index contributed by atoms with van der Waals surface area (Å²) < 4.78 is 53.0. The van der Waals surface area contributed by atoms with Gasteiger partial charge >= 0.3 is 0 Å². The highest BCUT2D eigenvalue weighted by Crippen LogP contribution is 2.21. The molecule has 134 valence electrons. The fourth-order valence-corrected chi connectivity index (χ4v) is 4.52. The summed E-state index contributed by atoms with van der Waals surface area (Å²) in [5.41, 5.74) is 0.657. The van der Waals surface area contributed by atoms with Gasteiger partial charge in [0.25, 0.3) is 0 Å². The van der Waals surface area contributed by atoms with Gasteiger partial charge in [0.1, 0.15) is 0 Å². The van der Waals surface area contributed by atoms with Crippen LogP contribution in [0.4, 0.5) is 8.78 Å². The number of hydrogen-bond donors (Lipinski definition) is 0. The van der Waals surface area contributed by atoms with Crippen LogP contribution >= 0.6 is 11.6 Å². The van der Waals surface area contributed by atoms with Crippen molar-refractivity contribution in [3.8, 4) is 0 Å². The smallest absolute Gasteiger partial charge is 0.243 e. The van der Waals surface area contributed by atoms with Gasteiger partial charge in [-0.1, -0.05) is 23.7 Å². The van der Waals surface area contributed by atoms with Gasteiger partial charge in [-0.25, -0.2) is 17.2 Å². The van der Waals surface area contributed by atoms with Crippen LogP contribution in [-0.2, 0) is 16.6 Å². The molecule has 0 radical (unpaired) electrons. The van der Waals surface area contributed by atoms with Crippen LogP contribution in [0.5, 0.6) is 0 Å².